The molecule has 2 aromatic rings. The topological polar surface area (TPSA) is 9.23 Å². The minimum Gasteiger partial charge on any atom is -0.493 e. The molecule has 100 valence electrons. The van der Waals surface area contributed by atoms with E-state index in [1.807, 2.05) is 25.1 Å². The predicted octanol–water partition coefficient (Wildman–Crippen LogP) is 4.96. The Morgan fingerprint density at radius 3 is 2.53 bits per heavy atom. The molecule has 0 aliphatic rings. The summed E-state index contributed by atoms with van der Waals surface area (Å²) in [6, 6.07) is 12.5. The van der Waals surface area contributed by atoms with Crippen LogP contribution in [0.3, 0.4) is 0 Å². The van der Waals surface area contributed by atoms with Crippen LogP contribution in [-0.2, 0) is 0 Å². The first-order chi connectivity index (χ1) is 9.22. The number of rotatable bonds is 5. The zero-order valence-electron chi connectivity index (χ0n) is 10.8. The lowest BCUT2D eigenvalue weighted by Crippen LogP contribution is -2.01. The third-order valence-corrected chi connectivity index (χ3v) is 3.45. The summed E-state index contributed by atoms with van der Waals surface area (Å²) in [4.78, 5) is 0. The number of benzene rings is 2. The van der Waals surface area contributed by atoms with Crippen molar-refractivity contribution in [3.63, 3.8) is 0 Å². The van der Waals surface area contributed by atoms with Crippen LogP contribution in [0.2, 0.25) is 0 Å². The molecule has 0 radical (unpaired) electrons. The predicted molar refractivity (Wildman–Crippen MR) is 80.5 cm³/mol. The molecule has 0 heterocycles. The molecule has 0 unspecified atom stereocenters. The van der Waals surface area contributed by atoms with Crippen molar-refractivity contribution in [1.29, 1.82) is 0 Å². The monoisotopic (exact) mass is 322 g/mol. The van der Waals surface area contributed by atoms with E-state index in [0.717, 1.165) is 34.2 Å². The van der Waals surface area contributed by atoms with Gasteiger partial charge in [0.05, 0.1) is 6.61 Å². The first-order valence-corrected chi connectivity index (χ1v) is 7.39. The molecule has 1 nitrogen and oxygen atoms in total. The summed E-state index contributed by atoms with van der Waals surface area (Å²) in [6.45, 7) is 2.70. The van der Waals surface area contributed by atoms with Crippen molar-refractivity contribution in [2.45, 2.75) is 13.3 Å². The summed E-state index contributed by atoms with van der Waals surface area (Å²) < 4.78 is 18.9. The summed E-state index contributed by atoms with van der Waals surface area (Å²) >= 11 is 3.39. The number of halogens is 2. The highest BCUT2D eigenvalue weighted by atomic mass is 79.9. The Kier molecular flexibility index (Phi) is 4.97. The highest BCUT2D eigenvalue weighted by Gasteiger charge is 2.09. The number of aryl methyl sites for hydroxylation is 1. The van der Waals surface area contributed by atoms with Gasteiger partial charge in [0.1, 0.15) is 11.6 Å². The molecule has 3 heteroatoms. The van der Waals surface area contributed by atoms with Gasteiger partial charge in [0.15, 0.2) is 0 Å². The lowest BCUT2D eigenvalue weighted by Gasteiger charge is -2.14. The number of ether oxygens (including phenoxy) is 1. The first kappa shape index (κ1) is 14.1. The summed E-state index contributed by atoms with van der Waals surface area (Å²) in [7, 11) is 0. The van der Waals surface area contributed by atoms with Crippen LogP contribution >= 0.6 is 15.9 Å². The molecule has 0 fully saturated rings. The van der Waals surface area contributed by atoms with Crippen molar-refractivity contribution in [2.24, 2.45) is 0 Å². The second-order valence-corrected chi connectivity index (χ2v) is 5.14. The van der Waals surface area contributed by atoms with Gasteiger partial charge in [-0.3, -0.25) is 0 Å². The second-order valence-electron chi connectivity index (χ2n) is 4.35. The molecular weight excluding hydrogens is 307 g/mol. The largest absolute Gasteiger partial charge is 0.493 e. The average molecular weight is 323 g/mol. The Morgan fingerprint density at radius 1 is 1.11 bits per heavy atom. The van der Waals surface area contributed by atoms with E-state index in [1.54, 1.807) is 12.1 Å². The van der Waals surface area contributed by atoms with Crippen molar-refractivity contribution in [3.05, 3.63) is 53.8 Å². The van der Waals surface area contributed by atoms with E-state index >= 15 is 0 Å². The van der Waals surface area contributed by atoms with Crippen LogP contribution in [0.5, 0.6) is 5.75 Å². The minimum atomic E-state index is -0.224. The molecule has 0 atom stereocenters. The van der Waals surface area contributed by atoms with E-state index in [0.29, 0.717) is 6.61 Å². The highest BCUT2D eigenvalue weighted by Crippen LogP contribution is 2.33. The van der Waals surface area contributed by atoms with Crippen LogP contribution in [0.1, 0.15) is 12.0 Å². The van der Waals surface area contributed by atoms with Gasteiger partial charge in [-0.25, -0.2) is 4.39 Å². The zero-order chi connectivity index (χ0) is 13.7. The second kappa shape index (κ2) is 6.71. The highest BCUT2D eigenvalue weighted by molar-refractivity contribution is 9.09. The van der Waals surface area contributed by atoms with E-state index in [9.17, 15) is 4.39 Å². The van der Waals surface area contributed by atoms with Crippen LogP contribution in [0, 0.1) is 12.7 Å². The Bertz CT molecular complexity index is 537. The van der Waals surface area contributed by atoms with Crippen molar-refractivity contribution >= 4 is 15.9 Å². The fourth-order valence-corrected chi connectivity index (χ4v) is 2.16. The van der Waals surface area contributed by atoms with Crippen LogP contribution in [-0.4, -0.2) is 11.9 Å². The lowest BCUT2D eigenvalue weighted by molar-refractivity contribution is 0.318. The maximum absolute atomic E-state index is 13.0. The van der Waals surface area contributed by atoms with Gasteiger partial charge in [0.2, 0.25) is 0 Å². The van der Waals surface area contributed by atoms with E-state index in [-0.39, 0.29) is 5.82 Å². The van der Waals surface area contributed by atoms with Crippen LogP contribution in [0.15, 0.2) is 42.5 Å². The number of hydrogen-bond acceptors (Lipinski definition) is 1. The van der Waals surface area contributed by atoms with Crippen molar-refractivity contribution < 1.29 is 9.13 Å². The molecule has 0 saturated carbocycles. The zero-order valence-corrected chi connectivity index (χ0v) is 12.4. The average Bonchev–Trinajstić information content (AvgIpc) is 2.42. The summed E-state index contributed by atoms with van der Waals surface area (Å²) in [5.74, 6) is 0.660. The van der Waals surface area contributed by atoms with E-state index in [4.69, 9.17) is 4.74 Å². The van der Waals surface area contributed by atoms with Crippen molar-refractivity contribution in [3.8, 4) is 16.9 Å². The Labute approximate surface area is 121 Å². The molecule has 0 aliphatic heterocycles. The smallest absolute Gasteiger partial charge is 0.130 e. The van der Waals surface area contributed by atoms with Gasteiger partial charge >= 0.3 is 0 Å². The molecule has 0 aromatic heterocycles. The van der Waals surface area contributed by atoms with Crippen LogP contribution in [0.25, 0.3) is 11.1 Å². The molecule has 0 aliphatic carbocycles. The van der Waals surface area contributed by atoms with Gasteiger partial charge in [-0.2, -0.15) is 0 Å². The van der Waals surface area contributed by atoms with Crippen molar-refractivity contribution in [1.82, 2.24) is 0 Å². The third kappa shape index (κ3) is 3.57. The molecule has 0 saturated heterocycles. The van der Waals surface area contributed by atoms with Gasteiger partial charge in [-0.1, -0.05) is 46.3 Å². The van der Waals surface area contributed by atoms with Gasteiger partial charge in [-0.05, 0) is 36.6 Å². The van der Waals surface area contributed by atoms with Crippen molar-refractivity contribution in [2.75, 3.05) is 11.9 Å². The van der Waals surface area contributed by atoms with Crippen LogP contribution in [0.4, 0.5) is 4.39 Å². The first-order valence-electron chi connectivity index (χ1n) is 6.26. The summed E-state index contributed by atoms with van der Waals surface area (Å²) in [5.41, 5.74) is 3.07. The van der Waals surface area contributed by atoms with E-state index in [1.165, 1.54) is 12.1 Å². The number of alkyl halides is 1. The molecular formula is C16H16BrFO. The van der Waals surface area contributed by atoms with Gasteiger partial charge < -0.3 is 4.74 Å². The molecule has 0 spiro atoms. The van der Waals surface area contributed by atoms with Gasteiger partial charge in [0.25, 0.3) is 0 Å². The van der Waals surface area contributed by atoms with E-state index in [2.05, 4.69) is 15.9 Å². The van der Waals surface area contributed by atoms with Gasteiger partial charge in [0, 0.05) is 10.9 Å². The van der Waals surface area contributed by atoms with Crippen LogP contribution < -0.4 is 4.74 Å². The Morgan fingerprint density at radius 2 is 1.84 bits per heavy atom. The fourth-order valence-electron chi connectivity index (χ4n) is 1.93. The minimum absolute atomic E-state index is 0.224. The molecule has 2 rings (SSSR count). The molecule has 19 heavy (non-hydrogen) atoms. The molecule has 0 amide bonds. The molecule has 2 aromatic carbocycles. The molecule has 0 bridgehead atoms. The summed E-state index contributed by atoms with van der Waals surface area (Å²) in [6.07, 6.45) is 0.956. The summed E-state index contributed by atoms with van der Waals surface area (Å²) in [5, 5.41) is 0.921. The number of hydrogen-bond donors (Lipinski definition) is 0. The fraction of sp³-hybridized carbons (Fsp3) is 0.250. The normalized spacial score (nSPS) is 10.5. The maximum Gasteiger partial charge on any atom is 0.130 e. The standard InChI is InChI=1S/C16H16BrFO/c1-12-4-2-5-15(16(12)19-11-3-10-17)13-6-8-14(18)9-7-13/h2,4-9H,3,10-11H2,1H3. The Balaban J connectivity index is 2.33. The number of para-hydroxylation sites is 1. The Hall–Kier alpha value is -1.35. The van der Waals surface area contributed by atoms with E-state index < -0.39 is 0 Å². The SMILES string of the molecule is Cc1cccc(-c2ccc(F)cc2)c1OCCCBr. The third-order valence-electron chi connectivity index (χ3n) is 2.89. The molecule has 0 N–H and O–H groups in total. The van der Waals surface area contributed by atoms with Gasteiger partial charge in [-0.15, -0.1) is 0 Å². The quantitative estimate of drug-likeness (QED) is 0.558. The lowest BCUT2D eigenvalue weighted by atomic mass is 10.0. The maximum atomic E-state index is 13.0.